The van der Waals surface area contributed by atoms with E-state index in [9.17, 15) is 9.90 Å². The third-order valence-corrected chi connectivity index (χ3v) is 13.2. The van der Waals surface area contributed by atoms with Crippen molar-refractivity contribution in [1.82, 2.24) is 0 Å². The number of hydrogen-bond acceptors (Lipinski definition) is 2. The summed E-state index contributed by atoms with van der Waals surface area (Å²) in [7, 11) is 0. The molecule has 0 saturated heterocycles. The molecule has 0 heterocycles. The lowest BCUT2D eigenvalue weighted by Gasteiger charge is -2.74. The summed E-state index contributed by atoms with van der Waals surface area (Å²) in [5, 5.41) is 11.0. The summed E-state index contributed by atoms with van der Waals surface area (Å²) in [6.07, 6.45) is 12.7. The summed E-state index contributed by atoms with van der Waals surface area (Å²) in [5.41, 5.74) is 1.85. The van der Waals surface area contributed by atoms with Gasteiger partial charge < -0.3 is 5.11 Å². The van der Waals surface area contributed by atoms with Crippen molar-refractivity contribution in [3.8, 4) is 0 Å². The van der Waals surface area contributed by atoms with Gasteiger partial charge in [-0.2, -0.15) is 0 Å². The molecule has 0 amide bonds. The van der Waals surface area contributed by atoms with Gasteiger partial charge in [-0.1, -0.05) is 48.5 Å². The number of ketones is 1. The standard InChI is InChI=1S/C29H48O2/c1-24(2)12-13-25(3)14-16-28(6)21-10-11-27(5)20(9-8-19(30)23(27)31)26(21,4)15-17-29(28,7)22(25)18-24/h20-23,31H,8-18H2,1-7H3. The summed E-state index contributed by atoms with van der Waals surface area (Å²) in [6.45, 7) is 17.9. The minimum absolute atomic E-state index is 0.102. The van der Waals surface area contributed by atoms with Gasteiger partial charge in [-0.25, -0.2) is 0 Å². The number of carbonyl (C=O) groups is 1. The molecule has 9 atom stereocenters. The molecule has 5 saturated carbocycles. The third kappa shape index (κ3) is 2.69. The molecule has 2 nitrogen and oxygen atoms in total. The molecule has 5 fully saturated rings. The molecular weight excluding hydrogens is 380 g/mol. The molecule has 1 N–H and O–H groups in total. The quantitative estimate of drug-likeness (QED) is 0.443. The predicted octanol–water partition coefficient (Wildman–Crippen LogP) is 7.18. The number of Topliss-reactive ketones (excluding diaryl/α,β-unsaturated/α-hetero) is 1. The molecular formula is C29H48O2. The lowest BCUT2D eigenvalue weighted by atomic mass is 9.30. The summed E-state index contributed by atoms with van der Waals surface area (Å²) in [5.74, 6) is 2.15. The van der Waals surface area contributed by atoms with Crippen LogP contribution in [0.15, 0.2) is 0 Å². The van der Waals surface area contributed by atoms with Crippen molar-refractivity contribution in [2.24, 2.45) is 50.2 Å². The Hall–Kier alpha value is -0.370. The fourth-order valence-corrected chi connectivity index (χ4v) is 10.9. The zero-order valence-corrected chi connectivity index (χ0v) is 21.4. The molecule has 31 heavy (non-hydrogen) atoms. The highest BCUT2D eigenvalue weighted by Crippen LogP contribution is 2.78. The highest BCUT2D eigenvalue weighted by molar-refractivity contribution is 5.84. The lowest BCUT2D eigenvalue weighted by Crippen LogP contribution is -2.68. The Morgan fingerprint density at radius 2 is 1.29 bits per heavy atom. The van der Waals surface area contributed by atoms with Crippen molar-refractivity contribution in [2.45, 2.75) is 125 Å². The van der Waals surface area contributed by atoms with Crippen LogP contribution in [0.2, 0.25) is 0 Å². The Morgan fingerprint density at radius 3 is 2.00 bits per heavy atom. The van der Waals surface area contributed by atoms with E-state index in [1.54, 1.807) is 0 Å². The minimum atomic E-state index is -0.737. The molecule has 2 heteroatoms. The van der Waals surface area contributed by atoms with E-state index in [0.29, 0.717) is 34.0 Å². The van der Waals surface area contributed by atoms with E-state index < -0.39 is 6.10 Å². The molecule has 176 valence electrons. The Bertz CT molecular complexity index is 786. The fraction of sp³-hybridized carbons (Fsp3) is 0.966. The number of hydrogen-bond donors (Lipinski definition) is 1. The highest BCUT2D eigenvalue weighted by atomic mass is 16.3. The van der Waals surface area contributed by atoms with E-state index >= 15 is 0 Å². The second-order valence-electron chi connectivity index (χ2n) is 15.0. The van der Waals surface area contributed by atoms with Crippen molar-refractivity contribution >= 4 is 5.78 Å². The smallest absolute Gasteiger partial charge is 0.161 e. The van der Waals surface area contributed by atoms with Gasteiger partial charge in [0, 0.05) is 11.8 Å². The monoisotopic (exact) mass is 428 g/mol. The molecule has 0 aliphatic heterocycles. The number of aliphatic hydroxyl groups excluding tert-OH is 1. The fourth-order valence-electron chi connectivity index (χ4n) is 10.9. The first-order valence-electron chi connectivity index (χ1n) is 13.4. The van der Waals surface area contributed by atoms with Crippen molar-refractivity contribution in [1.29, 1.82) is 0 Å². The van der Waals surface area contributed by atoms with Gasteiger partial charge in [0.05, 0.1) is 0 Å². The number of rotatable bonds is 0. The maximum atomic E-state index is 12.5. The summed E-state index contributed by atoms with van der Waals surface area (Å²) < 4.78 is 0. The van der Waals surface area contributed by atoms with Gasteiger partial charge in [0.2, 0.25) is 0 Å². The van der Waals surface area contributed by atoms with E-state index in [0.717, 1.165) is 24.7 Å². The first kappa shape index (κ1) is 22.4. The van der Waals surface area contributed by atoms with Crippen LogP contribution in [0, 0.1) is 50.2 Å². The van der Waals surface area contributed by atoms with Crippen LogP contribution in [0.3, 0.4) is 0 Å². The largest absolute Gasteiger partial charge is 0.385 e. The molecule has 9 unspecified atom stereocenters. The second-order valence-corrected chi connectivity index (χ2v) is 15.0. The van der Waals surface area contributed by atoms with Crippen molar-refractivity contribution in [3.05, 3.63) is 0 Å². The first-order valence-corrected chi connectivity index (χ1v) is 13.4. The highest BCUT2D eigenvalue weighted by Gasteiger charge is 2.71. The first-order chi connectivity index (χ1) is 14.2. The molecule has 5 aliphatic rings. The van der Waals surface area contributed by atoms with Gasteiger partial charge in [0.1, 0.15) is 6.10 Å². The van der Waals surface area contributed by atoms with Crippen LogP contribution in [-0.4, -0.2) is 17.0 Å². The van der Waals surface area contributed by atoms with E-state index in [1.807, 2.05) is 0 Å². The number of fused-ring (bicyclic) bond motifs is 7. The summed E-state index contributed by atoms with van der Waals surface area (Å²) >= 11 is 0. The van der Waals surface area contributed by atoms with Crippen LogP contribution >= 0.6 is 0 Å². The minimum Gasteiger partial charge on any atom is -0.385 e. The molecule has 5 aliphatic carbocycles. The van der Waals surface area contributed by atoms with Crippen LogP contribution in [-0.2, 0) is 4.79 Å². The Labute approximate surface area is 191 Å². The molecule has 0 aromatic carbocycles. The number of carbonyl (C=O) groups excluding carboxylic acids is 1. The van der Waals surface area contributed by atoms with Gasteiger partial charge in [-0.05, 0) is 109 Å². The van der Waals surface area contributed by atoms with E-state index in [-0.39, 0.29) is 16.6 Å². The average molecular weight is 429 g/mol. The number of aliphatic hydroxyl groups is 1. The molecule has 0 aromatic rings. The van der Waals surface area contributed by atoms with Gasteiger partial charge in [0.15, 0.2) is 5.78 Å². The summed E-state index contributed by atoms with van der Waals surface area (Å²) in [4.78, 5) is 12.5. The van der Waals surface area contributed by atoms with Crippen LogP contribution in [0.1, 0.15) is 119 Å². The second kappa shape index (κ2) is 6.39. The van der Waals surface area contributed by atoms with Crippen molar-refractivity contribution < 1.29 is 9.90 Å². The lowest BCUT2D eigenvalue weighted by molar-refractivity contribution is -0.260. The normalized spacial score (nSPS) is 58.5. The molecule has 0 aromatic heterocycles. The van der Waals surface area contributed by atoms with Crippen LogP contribution in [0.4, 0.5) is 0 Å². The van der Waals surface area contributed by atoms with Crippen molar-refractivity contribution in [2.75, 3.05) is 0 Å². The van der Waals surface area contributed by atoms with Gasteiger partial charge in [-0.3, -0.25) is 4.79 Å². The summed E-state index contributed by atoms with van der Waals surface area (Å²) in [6, 6.07) is 0. The molecule has 0 spiro atoms. The topological polar surface area (TPSA) is 37.3 Å². The SMILES string of the molecule is CC1(C)CCC2(C)CCC3(C)C4CCC5(C)C(O)C(=O)CCC5C4(C)CCC3(C)C2C1. The van der Waals surface area contributed by atoms with Crippen LogP contribution in [0.5, 0.6) is 0 Å². The van der Waals surface area contributed by atoms with Crippen LogP contribution < -0.4 is 0 Å². The van der Waals surface area contributed by atoms with E-state index in [4.69, 9.17) is 0 Å². The Balaban J connectivity index is 1.55. The molecule has 0 radical (unpaired) electrons. The van der Waals surface area contributed by atoms with Crippen LogP contribution in [0.25, 0.3) is 0 Å². The van der Waals surface area contributed by atoms with Crippen molar-refractivity contribution in [3.63, 3.8) is 0 Å². The zero-order chi connectivity index (χ0) is 22.7. The Morgan fingerprint density at radius 1 is 0.677 bits per heavy atom. The maximum Gasteiger partial charge on any atom is 0.161 e. The van der Waals surface area contributed by atoms with E-state index in [1.165, 1.54) is 51.4 Å². The zero-order valence-electron chi connectivity index (χ0n) is 21.4. The average Bonchev–Trinajstić information content (AvgIpc) is 2.69. The molecule has 0 bridgehead atoms. The molecule has 5 rings (SSSR count). The Kier molecular flexibility index (Phi) is 4.63. The maximum absolute atomic E-state index is 12.5. The predicted molar refractivity (Wildman–Crippen MR) is 127 cm³/mol. The third-order valence-electron chi connectivity index (χ3n) is 13.2. The van der Waals surface area contributed by atoms with E-state index in [2.05, 4.69) is 48.5 Å². The van der Waals surface area contributed by atoms with Gasteiger partial charge in [-0.15, -0.1) is 0 Å². The van der Waals surface area contributed by atoms with Gasteiger partial charge in [0.25, 0.3) is 0 Å². The van der Waals surface area contributed by atoms with Gasteiger partial charge >= 0.3 is 0 Å².